The summed E-state index contributed by atoms with van der Waals surface area (Å²) >= 11 is 0. The number of carbonyl (C=O) groups is 1. The highest BCUT2D eigenvalue weighted by Crippen LogP contribution is 2.41. The molecule has 0 spiro atoms. The van der Waals surface area contributed by atoms with Gasteiger partial charge in [-0.1, -0.05) is 19.8 Å². The van der Waals surface area contributed by atoms with E-state index in [1.54, 1.807) is 0 Å². The first-order valence-electron chi connectivity index (χ1n) is 8.68. The summed E-state index contributed by atoms with van der Waals surface area (Å²) in [4.78, 5) is 10.7. The molecule has 5 nitrogen and oxygen atoms in total. The molecule has 1 saturated heterocycles. The quantitative estimate of drug-likeness (QED) is 0.507. The normalized spacial score (nSPS) is 30.8. The number of carbonyl (C=O) groups excluding carboxylic acids is 1. The van der Waals surface area contributed by atoms with Gasteiger partial charge in [-0.15, -0.1) is 0 Å². The summed E-state index contributed by atoms with van der Waals surface area (Å²) in [5, 5.41) is 0. The molecule has 152 valence electrons. The summed E-state index contributed by atoms with van der Waals surface area (Å²) in [7, 11) is 0. The molecule has 0 bridgehead atoms. The molecular formula is C16H23F5O5. The maximum Gasteiger partial charge on any atom is 0.491 e. The van der Waals surface area contributed by atoms with Crippen molar-refractivity contribution >= 4 is 5.97 Å². The van der Waals surface area contributed by atoms with Crippen LogP contribution >= 0.6 is 0 Å². The Balaban J connectivity index is 1.75. The molecular weight excluding hydrogens is 367 g/mol. The van der Waals surface area contributed by atoms with Crippen LogP contribution in [0.25, 0.3) is 0 Å². The van der Waals surface area contributed by atoms with Crippen molar-refractivity contribution in [3.63, 3.8) is 0 Å². The highest BCUT2D eigenvalue weighted by molar-refractivity contribution is 5.75. The minimum absolute atomic E-state index is 0.359. The zero-order chi connectivity index (χ0) is 19.4. The van der Waals surface area contributed by atoms with E-state index < -0.39 is 50.0 Å². The van der Waals surface area contributed by atoms with Gasteiger partial charge < -0.3 is 18.9 Å². The van der Waals surface area contributed by atoms with Gasteiger partial charge in [0, 0.05) is 0 Å². The number of alkyl halides is 5. The van der Waals surface area contributed by atoms with Crippen molar-refractivity contribution in [1.29, 1.82) is 0 Å². The zero-order valence-electron chi connectivity index (χ0n) is 14.4. The molecule has 0 atom stereocenters. The summed E-state index contributed by atoms with van der Waals surface area (Å²) < 4.78 is 83.0. The molecule has 0 aromatic heterocycles. The molecule has 0 N–H and O–H groups in total. The standard InChI is InChI=1S/C16H23F5O5/c1-2-3-10-4-6-11(7-5-10)16(20,21)26-12-8-23-14(24-9-12)25-13(22)15(17,18)19/h10-12,14H,2-9H2,1H3. The van der Waals surface area contributed by atoms with Crippen molar-refractivity contribution in [3.05, 3.63) is 0 Å². The molecule has 0 aromatic rings. The largest absolute Gasteiger partial charge is 0.491 e. The van der Waals surface area contributed by atoms with E-state index in [1.807, 2.05) is 0 Å². The average molecular weight is 390 g/mol. The van der Waals surface area contributed by atoms with Gasteiger partial charge in [0.15, 0.2) is 0 Å². The van der Waals surface area contributed by atoms with Crippen LogP contribution in [0.4, 0.5) is 22.0 Å². The van der Waals surface area contributed by atoms with Crippen molar-refractivity contribution in [2.75, 3.05) is 13.2 Å². The third-order valence-corrected chi connectivity index (χ3v) is 4.61. The van der Waals surface area contributed by atoms with E-state index >= 15 is 0 Å². The monoisotopic (exact) mass is 390 g/mol. The summed E-state index contributed by atoms with van der Waals surface area (Å²) in [5.74, 6) is -2.91. The molecule has 26 heavy (non-hydrogen) atoms. The van der Waals surface area contributed by atoms with Crippen molar-refractivity contribution in [1.82, 2.24) is 0 Å². The van der Waals surface area contributed by atoms with E-state index in [2.05, 4.69) is 11.7 Å². The SMILES string of the molecule is CCCC1CCC(C(F)(F)OC2COC(OC(=O)C(F)(F)F)OC2)CC1. The van der Waals surface area contributed by atoms with Gasteiger partial charge >= 0.3 is 24.7 Å². The van der Waals surface area contributed by atoms with Gasteiger partial charge in [0.2, 0.25) is 0 Å². The second-order valence-electron chi connectivity index (χ2n) is 6.67. The average Bonchev–Trinajstić information content (AvgIpc) is 2.56. The number of rotatable bonds is 6. The van der Waals surface area contributed by atoms with Gasteiger partial charge in [-0.3, -0.25) is 0 Å². The van der Waals surface area contributed by atoms with E-state index in [9.17, 15) is 26.7 Å². The summed E-state index contributed by atoms with van der Waals surface area (Å²) in [6.45, 7) is -0.749. The molecule has 1 saturated carbocycles. The van der Waals surface area contributed by atoms with Crippen LogP contribution in [0.15, 0.2) is 0 Å². The summed E-state index contributed by atoms with van der Waals surface area (Å²) in [6.07, 6.45) is -5.49. The molecule has 1 aliphatic heterocycles. The van der Waals surface area contributed by atoms with E-state index in [4.69, 9.17) is 14.2 Å². The Kier molecular flexibility index (Phi) is 7.20. The molecule has 2 fully saturated rings. The van der Waals surface area contributed by atoms with E-state index in [0.717, 1.165) is 25.7 Å². The van der Waals surface area contributed by atoms with Crippen LogP contribution in [0.3, 0.4) is 0 Å². The Morgan fingerprint density at radius 2 is 1.62 bits per heavy atom. The van der Waals surface area contributed by atoms with Gasteiger partial charge in [-0.05, 0) is 31.6 Å². The number of hydrogen-bond donors (Lipinski definition) is 0. The molecule has 2 rings (SSSR count). The predicted molar refractivity (Wildman–Crippen MR) is 78.0 cm³/mol. The lowest BCUT2D eigenvalue weighted by Crippen LogP contribution is -2.46. The molecule has 10 heteroatoms. The molecule has 2 aliphatic rings. The lowest BCUT2D eigenvalue weighted by Gasteiger charge is -2.36. The molecule has 1 heterocycles. The summed E-state index contributed by atoms with van der Waals surface area (Å²) in [5.41, 5.74) is 0. The molecule has 0 aromatic carbocycles. The van der Waals surface area contributed by atoms with Crippen LogP contribution in [-0.4, -0.2) is 44.0 Å². The Labute approximate surface area is 148 Å². The second-order valence-corrected chi connectivity index (χ2v) is 6.67. The third-order valence-electron chi connectivity index (χ3n) is 4.61. The maximum atomic E-state index is 14.3. The Hall–Kier alpha value is -1.00. The number of esters is 1. The fourth-order valence-electron chi connectivity index (χ4n) is 3.27. The topological polar surface area (TPSA) is 54.0 Å². The first-order chi connectivity index (χ1) is 12.1. The molecule has 0 amide bonds. The summed E-state index contributed by atoms with van der Waals surface area (Å²) in [6, 6.07) is 0. The predicted octanol–water partition coefficient (Wildman–Crippen LogP) is 4.01. The van der Waals surface area contributed by atoms with Crippen molar-refractivity contribution in [3.8, 4) is 0 Å². The van der Waals surface area contributed by atoms with E-state index in [1.165, 1.54) is 0 Å². The third kappa shape index (κ3) is 6.02. The van der Waals surface area contributed by atoms with E-state index in [-0.39, 0.29) is 0 Å². The maximum absolute atomic E-state index is 14.3. The fraction of sp³-hybridized carbons (Fsp3) is 0.938. The number of halogens is 5. The Bertz CT molecular complexity index is 454. The lowest BCUT2D eigenvalue weighted by molar-refractivity contribution is -0.367. The van der Waals surface area contributed by atoms with Crippen LogP contribution in [0.2, 0.25) is 0 Å². The van der Waals surface area contributed by atoms with Crippen LogP contribution in [0.1, 0.15) is 45.4 Å². The van der Waals surface area contributed by atoms with Crippen molar-refractivity contribution < 1.29 is 45.7 Å². The van der Waals surface area contributed by atoms with Gasteiger partial charge in [-0.2, -0.15) is 22.0 Å². The molecule has 1 aliphatic carbocycles. The fourth-order valence-corrected chi connectivity index (χ4v) is 3.27. The van der Waals surface area contributed by atoms with Crippen LogP contribution in [0.5, 0.6) is 0 Å². The van der Waals surface area contributed by atoms with Gasteiger partial charge in [0.1, 0.15) is 6.10 Å². The zero-order valence-corrected chi connectivity index (χ0v) is 14.4. The van der Waals surface area contributed by atoms with Gasteiger partial charge in [0.25, 0.3) is 0 Å². The number of ether oxygens (including phenoxy) is 4. The highest BCUT2D eigenvalue weighted by Gasteiger charge is 2.46. The minimum atomic E-state index is -5.19. The van der Waals surface area contributed by atoms with Crippen molar-refractivity contribution in [2.45, 2.75) is 70.3 Å². The molecule has 0 unspecified atom stereocenters. The highest BCUT2D eigenvalue weighted by atomic mass is 19.4. The van der Waals surface area contributed by atoms with Crippen LogP contribution < -0.4 is 0 Å². The first kappa shape index (κ1) is 21.3. The van der Waals surface area contributed by atoms with Crippen molar-refractivity contribution in [2.24, 2.45) is 11.8 Å². The minimum Gasteiger partial charge on any atom is -0.404 e. The van der Waals surface area contributed by atoms with Gasteiger partial charge in [-0.25, -0.2) is 4.79 Å². The molecule has 0 radical (unpaired) electrons. The van der Waals surface area contributed by atoms with Crippen LogP contribution in [-0.2, 0) is 23.7 Å². The number of hydrogen-bond acceptors (Lipinski definition) is 5. The van der Waals surface area contributed by atoms with E-state index in [0.29, 0.717) is 18.8 Å². The first-order valence-corrected chi connectivity index (χ1v) is 8.68. The smallest absolute Gasteiger partial charge is 0.404 e. The Morgan fingerprint density at radius 1 is 1.04 bits per heavy atom. The lowest BCUT2D eigenvalue weighted by atomic mass is 9.79. The Morgan fingerprint density at radius 3 is 2.12 bits per heavy atom. The second kappa shape index (κ2) is 8.79. The van der Waals surface area contributed by atoms with Crippen LogP contribution in [0, 0.1) is 11.8 Å². The van der Waals surface area contributed by atoms with Gasteiger partial charge in [0.05, 0.1) is 19.1 Å².